The molecule has 3 N–H and O–H groups in total. The zero-order chi connectivity index (χ0) is 28.2. The molecular formula is C28H41N5O6. The van der Waals surface area contributed by atoms with Crippen molar-refractivity contribution in [3.63, 3.8) is 0 Å². The lowest BCUT2D eigenvalue weighted by Gasteiger charge is -2.45. The van der Waals surface area contributed by atoms with Gasteiger partial charge in [-0.15, -0.1) is 0 Å². The van der Waals surface area contributed by atoms with Gasteiger partial charge in [0.2, 0.25) is 0 Å². The summed E-state index contributed by atoms with van der Waals surface area (Å²) in [4.78, 5) is 54.8. The average Bonchev–Trinajstić information content (AvgIpc) is 3.11. The second-order valence-electron chi connectivity index (χ2n) is 11.3. The van der Waals surface area contributed by atoms with Crippen LogP contribution in [0.1, 0.15) is 70.2 Å². The van der Waals surface area contributed by atoms with Gasteiger partial charge in [0.1, 0.15) is 11.4 Å². The van der Waals surface area contributed by atoms with Crippen LogP contribution in [0.4, 0.5) is 15.3 Å². The van der Waals surface area contributed by atoms with Gasteiger partial charge in [-0.2, -0.15) is 0 Å². The first-order valence-electron chi connectivity index (χ1n) is 14.0. The Morgan fingerprint density at radius 3 is 2.44 bits per heavy atom. The van der Waals surface area contributed by atoms with Gasteiger partial charge in [0, 0.05) is 45.2 Å². The third-order valence-corrected chi connectivity index (χ3v) is 7.78. The van der Waals surface area contributed by atoms with Crippen LogP contribution in [-0.2, 0) is 9.53 Å². The zero-order valence-corrected chi connectivity index (χ0v) is 23.4. The molecule has 1 unspecified atom stereocenters. The number of nitrogens with one attached hydrogen (secondary N) is 3. The predicted molar refractivity (Wildman–Crippen MR) is 146 cm³/mol. The molecule has 1 atom stereocenters. The lowest BCUT2D eigenvalue weighted by atomic mass is 9.74. The van der Waals surface area contributed by atoms with Crippen molar-refractivity contribution in [2.45, 2.75) is 71.4 Å². The van der Waals surface area contributed by atoms with Crippen LogP contribution in [0.15, 0.2) is 18.2 Å². The quantitative estimate of drug-likeness (QED) is 0.469. The van der Waals surface area contributed by atoms with Gasteiger partial charge >= 0.3 is 18.1 Å². The Morgan fingerprint density at radius 1 is 1.08 bits per heavy atom. The number of likely N-dealkylation sites (tertiary alicyclic amines) is 2. The summed E-state index contributed by atoms with van der Waals surface area (Å²) in [5.74, 6) is -0.102. The third kappa shape index (κ3) is 6.63. The molecule has 3 saturated heterocycles. The van der Waals surface area contributed by atoms with Gasteiger partial charge in [-0.3, -0.25) is 14.5 Å². The fraction of sp³-hybridized carbons (Fsp3) is 0.643. The Morgan fingerprint density at radius 2 is 1.79 bits per heavy atom. The van der Waals surface area contributed by atoms with E-state index in [1.54, 1.807) is 30.9 Å². The molecule has 214 valence electrons. The molecule has 3 aliphatic heterocycles. The number of piperidine rings is 2. The number of hydrogen-bond donors (Lipinski definition) is 3. The van der Waals surface area contributed by atoms with Crippen molar-refractivity contribution < 1.29 is 28.7 Å². The minimum atomic E-state index is -0.616. The summed E-state index contributed by atoms with van der Waals surface area (Å²) in [7, 11) is 0. The predicted octanol–water partition coefficient (Wildman–Crippen LogP) is 3.35. The third-order valence-electron chi connectivity index (χ3n) is 7.78. The second-order valence-corrected chi connectivity index (χ2v) is 11.3. The highest BCUT2D eigenvalue weighted by Crippen LogP contribution is 2.46. The number of urea groups is 1. The van der Waals surface area contributed by atoms with Gasteiger partial charge in [-0.1, -0.05) is 0 Å². The molecule has 11 heteroatoms. The number of amides is 4. The van der Waals surface area contributed by atoms with Crippen molar-refractivity contribution >= 4 is 29.7 Å². The molecule has 3 heterocycles. The highest BCUT2D eigenvalue weighted by atomic mass is 16.6. The van der Waals surface area contributed by atoms with E-state index < -0.39 is 23.1 Å². The van der Waals surface area contributed by atoms with E-state index in [0.29, 0.717) is 38.4 Å². The van der Waals surface area contributed by atoms with Gasteiger partial charge < -0.3 is 30.3 Å². The fourth-order valence-corrected chi connectivity index (χ4v) is 6.16. The molecule has 4 amide bonds. The highest BCUT2D eigenvalue weighted by Gasteiger charge is 2.54. The van der Waals surface area contributed by atoms with E-state index in [9.17, 15) is 19.2 Å². The Labute approximate surface area is 229 Å². The molecule has 1 aromatic rings. The van der Waals surface area contributed by atoms with E-state index in [0.717, 1.165) is 38.6 Å². The van der Waals surface area contributed by atoms with Crippen molar-refractivity contribution in [2.24, 2.45) is 5.41 Å². The summed E-state index contributed by atoms with van der Waals surface area (Å²) in [6.07, 6.45) is 3.51. The van der Waals surface area contributed by atoms with Crippen LogP contribution < -0.4 is 20.7 Å². The topological polar surface area (TPSA) is 129 Å². The molecular weight excluding hydrogens is 502 g/mol. The molecule has 1 aromatic carbocycles. The van der Waals surface area contributed by atoms with Crippen molar-refractivity contribution in [3.8, 4) is 5.75 Å². The van der Waals surface area contributed by atoms with Gasteiger partial charge in [-0.25, -0.2) is 9.59 Å². The standard InChI is InChI=1S/C28H41N5O6/c1-5-29-25(36)31-22-9-8-20(38-26(37)30-6-2)16-21(22)23(34)32-14-10-19(11-15-32)33-13-7-12-28(18-33)17-27(3,4)39-24(28)35/h8-9,16,19H,5-7,10-15,17-18H2,1-4H3,(H,30,37)(H2,29,31,36). The maximum atomic E-state index is 13.6. The van der Waals surface area contributed by atoms with Gasteiger partial charge in [-0.05, 0) is 78.1 Å². The molecule has 4 rings (SSSR count). The zero-order valence-electron chi connectivity index (χ0n) is 23.4. The van der Waals surface area contributed by atoms with Crippen LogP contribution in [-0.4, -0.2) is 84.7 Å². The summed E-state index contributed by atoms with van der Waals surface area (Å²) in [6.45, 7) is 11.1. The number of rotatable bonds is 6. The maximum Gasteiger partial charge on any atom is 0.412 e. The van der Waals surface area contributed by atoms with E-state index in [4.69, 9.17) is 9.47 Å². The number of hydrogen-bond acceptors (Lipinski definition) is 7. The number of ether oxygens (including phenoxy) is 2. The number of nitrogens with zero attached hydrogens (tertiary/aromatic N) is 2. The van der Waals surface area contributed by atoms with Crippen molar-refractivity contribution in [3.05, 3.63) is 23.8 Å². The van der Waals surface area contributed by atoms with Crippen LogP contribution in [0.25, 0.3) is 0 Å². The van der Waals surface area contributed by atoms with E-state index >= 15 is 0 Å². The molecule has 0 saturated carbocycles. The van der Waals surface area contributed by atoms with Gasteiger partial charge in [0.05, 0.1) is 16.7 Å². The highest BCUT2D eigenvalue weighted by molar-refractivity contribution is 6.04. The molecule has 39 heavy (non-hydrogen) atoms. The molecule has 3 aliphatic rings. The Balaban J connectivity index is 1.44. The van der Waals surface area contributed by atoms with Gasteiger partial charge in [0.25, 0.3) is 5.91 Å². The maximum absolute atomic E-state index is 13.6. The Bertz CT molecular complexity index is 1100. The van der Waals surface area contributed by atoms with Crippen LogP contribution in [0, 0.1) is 5.41 Å². The number of esters is 1. The van der Waals surface area contributed by atoms with Crippen molar-refractivity contribution in [2.75, 3.05) is 44.6 Å². The molecule has 3 fully saturated rings. The van der Waals surface area contributed by atoms with Crippen LogP contribution >= 0.6 is 0 Å². The van der Waals surface area contributed by atoms with E-state index in [-0.39, 0.29) is 29.2 Å². The van der Waals surface area contributed by atoms with Crippen molar-refractivity contribution in [1.82, 2.24) is 20.4 Å². The van der Waals surface area contributed by atoms with Gasteiger partial charge in [0.15, 0.2) is 0 Å². The summed E-state index contributed by atoms with van der Waals surface area (Å²) in [5.41, 5.74) is -0.254. The minimum absolute atomic E-state index is 0.0772. The average molecular weight is 544 g/mol. The number of carbonyl (C=O) groups is 4. The molecule has 0 aromatic heterocycles. The molecule has 0 bridgehead atoms. The molecule has 11 nitrogen and oxygen atoms in total. The Kier molecular flexibility index (Phi) is 8.68. The molecule has 1 spiro atoms. The fourth-order valence-electron chi connectivity index (χ4n) is 6.16. The summed E-state index contributed by atoms with van der Waals surface area (Å²) in [6, 6.07) is 4.46. The number of anilines is 1. The Hall–Kier alpha value is -3.34. The van der Waals surface area contributed by atoms with E-state index in [1.807, 2.05) is 13.8 Å². The van der Waals surface area contributed by atoms with Crippen molar-refractivity contribution in [1.29, 1.82) is 0 Å². The largest absolute Gasteiger partial charge is 0.459 e. The second kappa shape index (κ2) is 11.8. The van der Waals surface area contributed by atoms with E-state index in [2.05, 4.69) is 20.9 Å². The number of carbonyl (C=O) groups excluding carboxylic acids is 4. The molecule has 0 radical (unpaired) electrons. The monoisotopic (exact) mass is 543 g/mol. The van der Waals surface area contributed by atoms with Crippen LogP contribution in [0.5, 0.6) is 5.75 Å². The van der Waals surface area contributed by atoms with E-state index in [1.165, 1.54) is 6.07 Å². The summed E-state index contributed by atoms with van der Waals surface area (Å²) < 4.78 is 11.0. The lowest BCUT2D eigenvalue weighted by Crippen LogP contribution is -2.53. The summed E-state index contributed by atoms with van der Waals surface area (Å²) >= 11 is 0. The first-order chi connectivity index (χ1) is 18.6. The summed E-state index contributed by atoms with van der Waals surface area (Å²) in [5, 5.41) is 7.96. The first-order valence-corrected chi connectivity index (χ1v) is 14.0. The number of benzene rings is 1. The normalized spacial score (nSPS) is 23.3. The molecule has 0 aliphatic carbocycles. The van der Waals surface area contributed by atoms with Crippen LogP contribution in [0.2, 0.25) is 0 Å². The van der Waals surface area contributed by atoms with Crippen LogP contribution in [0.3, 0.4) is 0 Å². The first kappa shape index (κ1) is 28.7. The smallest absolute Gasteiger partial charge is 0.412 e. The lowest BCUT2D eigenvalue weighted by molar-refractivity contribution is -0.154. The SMILES string of the molecule is CCNC(=O)Nc1ccc(OC(=O)NCC)cc1C(=O)N1CCC(N2CCCC3(C2)CC(C)(C)OC3=O)CC1. The minimum Gasteiger partial charge on any atom is -0.459 e. The number of cyclic esters (lactones) is 1.